The van der Waals surface area contributed by atoms with Gasteiger partial charge in [0.05, 0.1) is 18.0 Å². The van der Waals surface area contributed by atoms with Crippen LogP contribution in [0.15, 0.2) is 23.0 Å². The Labute approximate surface area is 116 Å². The highest BCUT2D eigenvalue weighted by Gasteiger charge is 2.12. The van der Waals surface area contributed by atoms with E-state index in [4.69, 9.17) is 16.3 Å². The molecule has 0 aliphatic carbocycles. The second-order valence-electron chi connectivity index (χ2n) is 4.37. The van der Waals surface area contributed by atoms with Crippen molar-refractivity contribution in [3.8, 4) is 5.75 Å². The van der Waals surface area contributed by atoms with Gasteiger partial charge in [0.15, 0.2) is 0 Å². The fourth-order valence-corrected chi connectivity index (χ4v) is 2.06. The van der Waals surface area contributed by atoms with Crippen molar-refractivity contribution in [3.05, 3.63) is 33.8 Å². The normalized spacial score (nSPS) is 12.6. The molecule has 0 radical (unpaired) electrons. The molecule has 2 aromatic rings. The molecule has 6 heteroatoms. The highest BCUT2D eigenvalue weighted by molar-refractivity contribution is 6.28. The third kappa shape index (κ3) is 2.72. The monoisotopic (exact) mass is 281 g/mol. The molecule has 0 saturated heterocycles. The molecule has 5 nitrogen and oxygen atoms in total. The minimum absolute atomic E-state index is 0.125. The van der Waals surface area contributed by atoms with Crippen LogP contribution in [0.2, 0.25) is 5.28 Å². The van der Waals surface area contributed by atoms with Crippen molar-refractivity contribution >= 4 is 22.5 Å². The molecule has 0 amide bonds. The lowest BCUT2D eigenvalue weighted by molar-refractivity contribution is 0.415. The third-order valence-corrected chi connectivity index (χ3v) is 3.35. The van der Waals surface area contributed by atoms with E-state index in [-0.39, 0.29) is 16.9 Å². The fourth-order valence-electron chi connectivity index (χ4n) is 1.82. The van der Waals surface area contributed by atoms with Crippen LogP contribution in [-0.2, 0) is 6.54 Å². The lowest BCUT2D eigenvalue weighted by Gasteiger charge is -2.14. The highest BCUT2D eigenvalue weighted by atomic mass is 35.5. The molecular formula is C13H16ClN3O2. The van der Waals surface area contributed by atoms with Gasteiger partial charge in [-0.3, -0.25) is 9.36 Å². The maximum absolute atomic E-state index is 12.4. The Hall–Kier alpha value is -1.59. The SMILES string of the molecule is CNC(C)Cn1c(Cl)nc2ccc(OC)cc2c1=O. The number of benzene rings is 1. The molecule has 0 bridgehead atoms. The van der Waals surface area contributed by atoms with Crippen molar-refractivity contribution < 1.29 is 4.74 Å². The molecule has 1 aromatic heterocycles. The topological polar surface area (TPSA) is 56.1 Å². The van der Waals surface area contributed by atoms with Crippen LogP contribution in [0.1, 0.15) is 6.92 Å². The quantitative estimate of drug-likeness (QED) is 0.866. The largest absolute Gasteiger partial charge is 0.497 e. The summed E-state index contributed by atoms with van der Waals surface area (Å²) in [4.78, 5) is 16.7. The number of ether oxygens (including phenoxy) is 1. The van der Waals surface area contributed by atoms with Crippen LogP contribution in [0.25, 0.3) is 10.9 Å². The highest BCUT2D eigenvalue weighted by Crippen LogP contribution is 2.18. The van der Waals surface area contributed by atoms with E-state index >= 15 is 0 Å². The van der Waals surface area contributed by atoms with Crippen LogP contribution in [0.3, 0.4) is 0 Å². The maximum Gasteiger partial charge on any atom is 0.262 e. The van der Waals surface area contributed by atoms with E-state index in [1.54, 1.807) is 25.3 Å². The van der Waals surface area contributed by atoms with Crippen molar-refractivity contribution in [1.29, 1.82) is 0 Å². The number of nitrogens with zero attached hydrogens (tertiary/aromatic N) is 2. The molecule has 0 aliphatic heterocycles. The number of fused-ring (bicyclic) bond motifs is 1. The van der Waals surface area contributed by atoms with Crippen LogP contribution in [0, 0.1) is 0 Å². The minimum atomic E-state index is -0.156. The zero-order chi connectivity index (χ0) is 14.0. The molecule has 1 heterocycles. The van der Waals surface area contributed by atoms with Crippen molar-refractivity contribution in [1.82, 2.24) is 14.9 Å². The van der Waals surface area contributed by atoms with E-state index in [9.17, 15) is 4.79 Å². The summed E-state index contributed by atoms with van der Waals surface area (Å²) in [5.41, 5.74) is 0.417. The number of rotatable bonds is 4. The number of hydrogen-bond acceptors (Lipinski definition) is 4. The van der Waals surface area contributed by atoms with Gasteiger partial charge >= 0.3 is 0 Å². The molecule has 102 valence electrons. The van der Waals surface area contributed by atoms with E-state index < -0.39 is 0 Å². The molecule has 1 atom stereocenters. The van der Waals surface area contributed by atoms with Crippen LogP contribution in [0.5, 0.6) is 5.75 Å². The lowest BCUT2D eigenvalue weighted by Crippen LogP contribution is -2.33. The van der Waals surface area contributed by atoms with Crippen molar-refractivity contribution in [2.24, 2.45) is 0 Å². The summed E-state index contributed by atoms with van der Waals surface area (Å²) in [6, 6.07) is 5.29. The van der Waals surface area contributed by atoms with E-state index in [1.165, 1.54) is 4.57 Å². The molecule has 1 aromatic carbocycles. The zero-order valence-corrected chi connectivity index (χ0v) is 11.9. The zero-order valence-electron chi connectivity index (χ0n) is 11.1. The first kappa shape index (κ1) is 13.8. The lowest BCUT2D eigenvalue weighted by atomic mass is 10.2. The fraction of sp³-hybridized carbons (Fsp3) is 0.385. The Morgan fingerprint density at radius 3 is 2.89 bits per heavy atom. The van der Waals surface area contributed by atoms with Crippen LogP contribution in [0.4, 0.5) is 0 Å². The number of halogens is 1. The Balaban J connectivity index is 2.62. The number of likely N-dealkylation sites (N-methyl/N-ethyl adjacent to an activating group) is 1. The van der Waals surface area contributed by atoms with E-state index in [1.807, 2.05) is 14.0 Å². The standard InChI is InChI=1S/C13H16ClN3O2/c1-8(15-2)7-17-12(18)10-6-9(19-3)4-5-11(10)16-13(17)14/h4-6,8,15H,7H2,1-3H3. The second-order valence-corrected chi connectivity index (χ2v) is 4.71. The summed E-state index contributed by atoms with van der Waals surface area (Å²) in [6.45, 7) is 2.44. The summed E-state index contributed by atoms with van der Waals surface area (Å²) in [5.74, 6) is 0.627. The van der Waals surface area contributed by atoms with Crippen LogP contribution in [-0.4, -0.2) is 29.8 Å². The van der Waals surface area contributed by atoms with Crippen molar-refractivity contribution in [2.45, 2.75) is 19.5 Å². The molecule has 1 N–H and O–H groups in total. The molecule has 0 saturated carbocycles. The van der Waals surface area contributed by atoms with Gasteiger partial charge in [0.2, 0.25) is 5.28 Å². The molecule has 2 rings (SSSR count). The maximum atomic E-state index is 12.4. The first-order valence-corrected chi connectivity index (χ1v) is 6.36. The Morgan fingerprint density at radius 1 is 1.53 bits per heavy atom. The summed E-state index contributed by atoms with van der Waals surface area (Å²) >= 11 is 6.08. The number of hydrogen-bond donors (Lipinski definition) is 1. The molecule has 1 unspecified atom stereocenters. The molecular weight excluding hydrogens is 266 g/mol. The second kappa shape index (κ2) is 5.59. The number of methoxy groups -OCH3 is 1. The van der Waals surface area contributed by atoms with E-state index in [0.717, 1.165) is 0 Å². The van der Waals surface area contributed by atoms with Gasteiger partial charge in [-0.25, -0.2) is 4.98 Å². The van der Waals surface area contributed by atoms with Gasteiger partial charge in [0.25, 0.3) is 5.56 Å². The van der Waals surface area contributed by atoms with Crippen molar-refractivity contribution in [3.63, 3.8) is 0 Å². The molecule has 0 spiro atoms. The average Bonchev–Trinajstić information content (AvgIpc) is 2.42. The Bertz CT molecular complexity index is 654. The summed E-state index contributed by atoms with van der Waals surface area (Å²) in [7, 11) is 3.40. The van der Waals surface area contributed by atoms with Gasteiger partial charge in [-0.15, -0.1) is 0 Å². The first-order valence-electron chi connectivity index (χ1n) is 5.98. The minimum Gasteiger partial charge on any atom is -0.497 e. The smallest absolute Gasteiger partial charge is 0.262 e. The van der Waals surface area contributed by atoms with Crippen LogP contribution >= 0.6 is 11.6 Å². The van der Waals surface area contributed by atoms with E-state index in [0.29, 0.717) is 23.2 Å². The molecule has 0 aliphatic rings. The molecule has 19 heavy (non-hydrogen) atoms. The first-order chi connectivity index (χ1) is 9.06. The van der Waals surface area contributed by atoms with E-state index in [2.05, 4.69) is 10.3 Å². The van der Waals surface area contributed by atoms with Crippen molar-refractivity contribution in [2.75, 3.05) is 14.2 Å². The van der Waals surface area contributed by atoms with Gasteiger partial charge in [-0.05, 0) is 43.8 Å². The third-order valence-electron chi connectivity index (χ3n) is 3.06. The van der Waals surface area contributed by atoms with Gasteiger partial charge in [-0.1, -0.05) is 0 Å². The van der Waals surface area contributed by atoms with Crippen LogP contribution < -0.4 is 15.6 Å². The molecule has 0 fully saturated rings. The Morgan fingerprint density at radius 2 is 2.26 bits per heavy atom. The van der Waals surface area contributed by atoms with Gasteiger partial charge in [-0.2, -0.15) is 0 Å². The van der Waals surface area contributed by atoms with Gasteiger partial charge < -0.3 is 10.1 Å². The predicted molar refractivity (Wildman–Crippen MR) is 76.1 cm³/mol. The summed E-state index contributed by atoms with van der Waals surface area (Å²) < 4.78 is 6.59. The summed E-state index contributed by atoms with van der Waals surface area (Å²) in [5, 5.41) is 3.77. The van der Waals surface area contributed by atoms with Gasteiger partial charge in [0.1, 0.15) is 5.75 Å². The number of nitrogens with one attached hydrogen (secondary N) is 1. The average molecular weight is 282 g/mol. The van der Waals surface area contributed by atoms with Gasteiger partial charge in [0, 0.05) is 12.6 Å². The number of aromatic nitrogens is 2. The predicted octanol–water partition coefficient (Wildman–Crippen LogP) is 1.67. The summed E-state index contributed by atoms with van der Waals surface area (Å²) in [6.07, 6.45) is 0. The Kier molecular flexibility index (Phi) is 4.07.